The highest BCUT2D eigenvalue weighted by atomic mass is 79.9. The molecule has 22 heavy (non-hydrogen) atoms. The predicted octanol–water partition coefficient (Wildman–Crippen LogP) is 4.52. The van der Waals surface area contributed by atoms with E-state index >= 15 is 0 Å². The van der Waals surface area contributed by atoms with Crippen LogP contribution in [0.5, 0.6) is 5.75 Å². The van der Waals surface area contributed by atoms with Gasteiger partial charge in [-0.25, -0.2) is 0 Å². The lowest BCUT2D eigenvalue weighted by molar-refractivity contribution is 0.134. The zero-order valence-electron chi connectivity index (χ0n) is 13.4. The van der Waals surface area contributed by atoms with Crippen LogP contribution in [0.25, 0.3) is 0 Å². The number of rotatable bonds is 7. The number of benzene rings is 2. The van der Waals surface area contributed by atoms with Gasteiger partial charge in [0.2, 0.25) is 0 Å². The van der Waals surface area contributed by atoms with E-state index in [-0.39, 0.29) is 0 Å². The second-order valence-electron chi connectivity index (χ2n) is 5.96. The van der Waals surface area contributed by atoms with Crippen molar-refractivity contribution < 1.29 is 9.47 Å². The zero-order chi connectivity index (χ0) is 16.0. The minimum absolute atomic E-state index is 0.663. The van der Waals surface area contributed by atoms with Gasteiger partial charge in [-0.2, -0.15) is 0 Å². The molecule has 0 aliphatic rings. The molecule has 0 saturated carbocycles. The second kappa shape index (κ2) is 7.95. The summed E-state index contributed by atoms with van der Waals surface area (Å²) >= 11 is 3.49. The van der Waals surface area contributed by atoms with E-state index < -0.39 is 8.07 Å². The van der Waals surface area contributed by atoms with Crippen molar-refractivity contribution in [3.8, 4) is 5.75 Å². The first-order valence-corrected chi connectivity index (χ1v) is 11.6. The Morgan fingerprint density at radius 2 is 1.59 bits per heavy atom. The van der Waals surface area contributed by atoms with Crippen LogP contribution in [0.2, 0.25) is 13.1 Å². The maximum atomic E-state index is 6.02. The fraction of sp³-hybridized carbons (Fsp3) is 0.333. The lowest BCUT2D eigenvalue weighted by Gasteiger charge is -2.23. The zero-order valence-corrected chi connectivity index (χ0v) is 16.0. The largest absolute Gasteiger partial charge is 0.497 e. The van der Waals surface area contributed by atoms with E-state index in [0.29, 0.717) is 6.61 Å². The highest BCUT2D eigenvalue weighted by Crippen LogP contribution is 2.15. The molecule has 0 spiro atoms. The molecule has 0 fully saturated rings. The Bertz CT molecular complexity index is 579. The Morgan fingerprint density at radius 1 is 0.955 bits per heavy atom. The predicted molar refractivity (Wildman–Crippen MR) is 98.5 cm³/mol. The molecule has 4 heteroatoms. The Balaban J connectivity index is 1.95. The fourth-order valence-corrected chi connectivity index (χ4v) is 4.18. The van der Waals surface area contributed by atoms with Crippen LogP contribution in [0.3, 0.4) is 0 Å². The minimum atomic E-state index is -1.59. The summed E-state index contributed by atoms with van der Waals surface area (Å²) < 4.78 is 12.5. The molecule has 2 rings (SSSR count). The molecule has 118 valence electrons. The number of hydrogen-bond acceptors (Lipinski definition) is 2. The lowest BCUT2D eigenvalue weighted by Crippen LogP contribution is -2.47. The quantitative estimate of drug-likeness (QED) is 0.659. The third-order valence-corrected chi connectivity index (χ3v) is 6.91. The summed E-state index contributed by atoms with van der Waals surface area (Å²) in [5.74, 6) is 0.929. The van der Waals surface area contributed by atoms with Crippen LogP contribution < -0.4 is 9.92 Å². The van der Waals surface area contributed by atoms with E-state index in [2.05, 4.69) is 65.4 Å². The lowest BCUT2D eigenvalue weighted by atomic mass is 10.2. The molecule has 2 nitrogen and oxygen atoms in total. The normalized spacial score (nSPS) is 11.5. The average Bonchev–Trinajstić information content (AvgIpc) is 2.52. The molecule has 0 heterocycles. The van der Waals surface area contributed by atoms with Gasteiger partial charge in [-0.15, -0.1) is 0 Å². The standard InChI is InChI=1S/C18H23BrO2Si/c1-4-20-13-15-5-9-17(10-6-15)21-14-22(2,3)18-11-7-16(19)8-12-18/h5-12H,4,13-14H2,1-3H3. The van der Waals surface area contributed by atoms with Crippen LogP contribution in [0.4, 0.5) is 0 Å². The third kappa shape index (κ3) is 4.97. The Hall–Kier alpha value is -1.10. The fourth-order valence-electron chi connectivity index (χ4n) is 2.15. The number of ether oxygens (including phenoxy) is 2. The molecule has 0 radical (unpaired) electrons. The molecule has 0 aromatic heterocycles. The van der Waals surface area contributed by atoms with Crippen molar-refractivity contribution in [3.05, 3.63) is 58.6 Å². The molecule has 0 aliphatic carbocycles. The molecule has 0 saturated heterocycles. The van der Waals surface area contributed by atoms with Gasteiger partial charge in [-0.05, 0) is 36.8 Å². The number of hydrogen-bond donors (Lipinski definition) is 0. The van der Waals surface area contributed by atoms with E-state index in [9.17, 15) is 0 Å². The first-order chi connectivity index (χ1) is 10.5. The molecule has 0 bridgehead atoms. The summed E-state index contributed by atoms with van der Waals surface area (Å²) in [5, 5.41) is 1.41. The third-order valence-electron chi connectivity index (χ3n) is 3.62. The number of halogens is 1. The summed E-state index contributed by atoms with van der Waals surface area (Å²) in [5.41, 5.74) is 1.18. The summed E-state index contributed by atoms with van der Waals surface area (Å²) in [6, 6.07) is 16.8. The molecule has 2 aromatic rings. The first-order valence-electron chi connectivity index (χ1n) is 7.57. The summed E-state index contributed by atoms with van der Waals surface area (Å²) in [4.78, 5) is 0. The van der Waals surface area contributed by atoms with Crippen molar-refractivity contribution in [1.82, 2.24) is 0 Å². The van der Waals surface area contributed by atoms with Gasteiger partial charge in [-0.1, -0.05) is 58.5 Å². The Morgan fingerprint density at radius 3 is 2.18 bits per heavy atom. The molecule has 0 amide bonds. The Labute approximate surface area is 142 Å². The molecule has 0 aliphatic heterocycles. The molecule has 0 unspecified atom stereocenters. The van der Waals surface area contributed by atoms with Gasteiger partial charge < -0.3 is 9.47 Å². The van der Waals surface area contributed by atoms with E-state index in [1.807, 2.05) is 19.1 Å². The maximum absolute atomic E-state index is 6.02. The van der Waals surface area contributed by atoms with Crippen LogP contribution in [0.1, 0.15) is 12.5 Å². The second-order valence-corrected chi connectivity index (χ2v) is 11.5. The van der Waals surface area contributed by atoms with Crippen LogP contribution >= 0.6 is 15.9 Å². The van der Waals surface area contributed by atoms with Gasteiger partial charge in [-0.3, -0.25) is 0 Å². The summed E-state index contributed by atoms with van der Waals surface area (Å²) in [6.07, 6.45) is 0.777. The summed E-state index contributed by atoms with van der Waals surface area (Å²) in [6.45, 7) is 8.08. The first kappa shape index (κ1) is 17.3. The van der Waals surface area contributed by atoms with E-state index in [1.165, 1.54) is 10.8 Å². The van der Waals surface area contributed by atoms with Crippen LogP contribution in [0.15, 0.2) is 53.0 Å². The highest BCUT2D eigenvalue weighted by Gasteiger charge is 2.24. The van der Waals surface area contributed by atoms with Gasteiger partial charge in [0, 0.05) is 11.1 Å². The van der Waals surface area contributed by atoms with Crippen molar-refractivity contribution in [2.75, 3.05) is 12.8 Å². The monoisotopic (exact) mass is 378 g/mol. The van der Waals surface area contributed by atoms with Gasteiger partial charge >= 0.3 is 0 Å². The van der Waals surface area contributed by atoms with Crippen LogP contribution in [-0.2, 0) is 11.3 Å². The topological polar surface area (TPSA) is 18.5 Å². The van der Waals surface area contributed by atoms with Gasteiger partial charge in [0.05, 0.1) is 12.8 Å². The molecular weight excluding hydrogens is 356 g/mol. The van der Waals surface area contributed by atoms with Crippen LogP contribution in [0, 0.1) is 0 Å². The van der Waals surface area contributed by atoms with Crippen LogP contribution in [-0.4, -0.2) is 20.9 Å². The smallest absolute Gasteiger partial charge is 0.124 e. The molecule has 2 aromatic carbocycles. The maximum Gasteiger partial charge on any atom is 0.124 e. The molecular formula is C18H23BrO2Si. The van der Waals surface area contributed by atoms with Crippen molar-refractivity contribution in [3.63, 3.8) is 0 Å². The van der Waals surface area contributed by atoms with E-state index in [1.54, 1.807) is 0 Å². The average molecular weight is 379 g/mol. The molecule has 0 N–H and O–H groups in total. The van der Waals surface area contributed by atoms with Crippen molar-refractivity contribution in [1.29, 1.82) is 0 Å². The molecule has 0 atom stereocenters. The van der Waals surface area contributed by atoms with Gasteiger partial charge in [0.15, 0.2) is 0 Å². The summed E-state index contributed by atoms with van der Waals surface area (Å²) in [7, 11) is -1.59. The van der Waals surface area contributed by atoms with Gasteiger partial charge in [0.1, 0.15) is 13.8 Å². The van der Waals surface area contributed by atoms with E-state index in [0.717, 1.165) is 23.1 Å². The SMILES string of the molecule is CCOCc1ccc(OC[Si](C)(C)c2ccc(Br)cc2)cc1. The van der Waals surface area contributed by atoms with Crippen molar-refractivity contribution in [2.24, 2.45) is 0 Å². The highest BCUT2D eigenvalue weighted by molar-refractivity contribution is 9.10. The van der Waals surface area contributed by atoms with Crippen molar-refractivity contribution in [2.45, 2.75) is 26.6 Å². The minimum Gasteiger partial charge on any atom is -0.497 e. The Kier molecular flexibility index (Phi) is 6.23. The van der Waals surface area contributed by atoms with E-state index in [4.69, 9.17) is 9.47 Å². The van der Waals surface area contributed by atoms with Gasteiger partial charge in [0.25, 0.3) is 0 Å². The van der Waals surface area contributed by atoms with Crippen molar-refractivity contribution >= 4 is 29.2 Å².